The highest BCUT2D eigenvalue weighted by molar-refractivity contribution is 5.26. The van der Waals surface area contributed by atoms with Crippen LogP contribution in [0.3, 0.4) is 0 Å². The molecule has 2 aromatic rings. The summed E-state index contributed by atoms with van der Waals surface area (Å²) in [5.74, 6) is 1.26. The molecule has 0 aliphatic carbocycles. The van der Waals surface area contributed by atoms with Gasteiger partial charge >= 0.3 is 0 Å². The fourth-order valence-corrected chi connectivity index (χ4v) is 3.47. The van der Waals surface area contributed by atoms with E-state index in [4.69, 9.17) is 0 Å². The molecule has 1 aromatic carbocycles. The van der Waals surface area contributed by atoms with Crippen LogP contribution in [0.15, 0.2) is 36.7 Å². The molecule has 4 nitrogen and oxygen atoms in total. The van der Waals surface area contributed by atoms with Crippen LogP contribution >= 0.6 is 0 Å². The topological polar surface area (TPSA) is 49.2 Å². The molecule has 4 heteroatoms. The van der Waals surface area contributed by atoms with Gasteiger partial charge < -0.3 is 5.11 Å². The molecule has 24 heavy (non-hydrogen) atoms. The average molecular weight is 325 g/mol. The number of aromatic hydroxyl groups is 1. The first-order chi connectivity index (χ1) is 11.7. The van der Waals surface area contributed by atoms with Gasteiger partial charge in [-0.25, -0.2) is 9.97 Å². The number of piperidine rings is 1. The van der Waals surface area contributed by atoms with Crippen molar-refractivity contribution in [3.63, 3.8) is 0 Å². The molecule has 0 unspecified atom stereocenters. The van der Waals surface area contributed by atoms with Crippen molar-refractivity contribution in [2.45, 2.75) is 58.0 Å². The maximum Gasteiger partial charge on any atom is 0.127 e. The Morgan fingerprint density at radius 3 is 2.54 bits per heavy atom. The SMILES string of the molecule is CCc1ncc(CN2CCCC[C@H]2CCc2ccc(O)cc2)cn1. The number of phenols is 1. The molecule has 0 radical (unpaired) electrons. The minimum atomic E-state index is 0.341. The molecule has 1 atom stereocenters. The second-order valence-corrected chi connectivity index (χ2v) is 6.69. The Morgan fingerprint density at radius 2 is 1.83 bits per heavy atom. The molecule has 3 rings (SSSR count). The number of aromatic nitrogens is 2. The minimum Gasteiger partial charge on any atom is -0.508 e. The summed E-state index contributed by atoms with van der Waals surface area (Å²) in [5, 5.41) is 9.40. The van der Waals surface area contributed by atoms with Crippen LogP contribution in [0.5, 0.6) is 5.75 Å². The summed E-state index contributed by atoms with van der Waals surface area (Å²) < 4.78 is 0. The highest BCUT2D eigenvalue weighted by Gasteiger charge is 2.22. The van der Waals surface area contributed by atoms with Crippen molar-refractivity contribution in [3.05, 3.63) is 53.6 Å². The van der Waals surface area contributed by atoms with Crippen molar-refractivity contribution in [3.8, 4) is 5.75 Å². The Balaban J connectivity index is 1.58. The van der Waals surface area contributed by atoms with E-state index in [1.165, 1.54) is 36.8 Å². The third-order valence-corrected chi connectivity index (χ3v) is 4.91. The lowest BCUT2D eigenvalue weighted by atomic mass is 9.95. The number of aryl methyl sites for hydroxylation is 2. The molecular weight excluding hydrogens is 298 g/mol. The molecule has 1 aromatic heterocycles. The fourth-order valence-electron chi connectivity index (χ4n) is 3.47. The Labute approximate surface area is 144 Å². The molecular formula is C20H27N3O. The number of phenolic OH excluding ortho intramolecular Hbond substituents is 1. The number of hydrogen-bond donors (Lipinski definition) is 1. The van der Waals surface area contributed by atoms with E-state index >= 15 is 0 Å². The van der Waals surface area contributed by atoms with Crippen LogP contribution in [0.4, 0.5) is 0 Å². The van der Waals surface area contributed by atoms with Gasteiger partial charge in [0.25, 0.3) is 0 Å². The molecule has 0 saturated carbocycles. The summed E-state index contributed by atoms with van der Waals surface area (Å²) >= 11 is 0. The van der Waals surface area contributed by atoms with Crippen LogP contribution in [-0.4, -0.2) is 32.6 Å². The maximum absolute atomic E-state index is 9.40. The summed E-state index contributed by atoms with van der Waals surface area (Å²) in [7, 11) is 0. The van der Waals surface area contributed by atoms with Gasteiger partial charge in [0.2, 0.25) is 0 Å². The molecule has 128 valence electrons. The zero-order chi connectivity index (χ0) is 16.8. The number of rotatable bonds is 6. The van der Waals surface area contributed by atoms with Crippen molar-refractivity contribution in [1.29, 1.82) is 0 Å². The van der Waals surface area contributed by atoms with Gasteiger partial charge in [0.05, 0.1) is 0 Å². The van der Waals surface area contributed by atoms with Gasteiger partial charge in [0, 0.05) is 37.0 Å². The van der Waals surface area contributed by atoms with E-state index in [0.717, 1.165) is 31.8 Å². The van der Waals surface area contributed by atoms with Crippen LogP contribution < -0.4 is 0 Å². The predicted molar refractivity (Wildman–Crippen MR) is 95.9 cm³/mol. The quantitative estimate of drug-likeness (QED) is 0.879. The molecule has 0 amide bonds. The molecule has 1 aliphatic rings. The molecule has 1 fully saturated rings. The molecule has 2 heterocycles. The monoisotopic (exact) mass is 325 g/mol. The first-order valence-electron chi connectivity index (χ1n) is 9.06. The van der Waals surface area contributed by atoms with E-state index in [-0.39, 0.29) is 0 Å². The lowest BCUT2D eigenvalue weighted by Gasteiger charge is -2.35. The minimum absolute atomic E-state index is 0.341. The summed E-state index contributed by atoms with van der Waals surface area (Å²) in [6.07, 6.45) is 11.0. The van der Waals surface area contributed by atoms with E-state index < -0.39 is 0 Å². The van der Waals surface area contributed by atoms with Gasteiger partial charge in [-0.15, -0.1) is 0 Å². The Bertz CT molecular complexity index is 624. The molecule has 1 N–H and O–H groups in total. The van der Waals surface area contributed by atoms with Crippen molar-refractivity contribution >= 4 is 0 Å². The van der Waals surface area contributed by atoms with Crippen LogP contribution in [0.25, 0.3) is 0 Å². The second-order valence-electron chi connectivity index (χ2n) is 6.69. The van der Waals surface area contributed by atoms with E-state index in [2.05, 4.69) is 21.8 Å². The van der Waals surface area contributed by atoms with Crippen LogP contribution in [-0.2, 0) is 19.4 Å². The fraction of sp³-hybridized carbons (Fsp3) is 0.500. The van der Waals surface area contributed by atoms with Crippen LogP contribution in [0, 0.1) is 0 Å². The Morgan fingerprint density at radius 1 is 1.08 bits per heavy atom. The van der Waals surface area contributed by atoms with E-state index in [9.17, 15) is 5.11 Å². The van der Waals surface area contributed by atoms with Crippen LogP contribution in [0.1, 0.15) is 49.6 Å². The van der Waals surface area contributed by atoms with Gasteiger partial charge in [-0.1, -0.05) is 25.5 Å². The number of hydrogen-bond acceptors (Lipinski definition) is 4. The van der Waals surface area contributed by atoms with E-state index in [0.29, 0.717) is 11.8 Å². The van der Waals surface area contributed by atoms with Crippen molar-refractivity contribution in [2.75, 3.05) is 6.54 Å². The highest BCUT2D eigenvalue weighted by Crippen LogP contribution is 2.23. The normalized spacial score (nSPS) is 18.6. The highest BCUT2D eigenvalue weighted by atomic mass is 16.3. The Kier molecular flexibility index (Phi) is 5.81. The number of nitrogens with zero attached hydrogens (tertiary/aromatic N) is 3. The first-order valence-corrected chi connectivity index (χ1v) is 9.06. The van der Waals surface area contributed by atoms with E-state index in [1.54, 1.807) is 12.1 Å². The molecule has 0 bridgehead atoms. The lowest BCUT2D eigenvalue weighted by molar-refractivity contribution is 0.132. The summed E-state index contributed by atoms with van der Waals surface area (Å²) in [6, 6.07) is 8.24. The van der Waals surface area contributed by atoms with Crippen LogP contribution in [0.2, 0.25) is 0 Å². The maximum atomic E-state index is 9.40. The van der Waals surface area contributed by atoms with Crippen molar-refractivity contribution in [2.24, 2.45) is 0 Å². The van der Waals surface area contributed by atoms with Gasteiger partial charge in [0.15, 0.2) is 0 Å². The zero-order valence-electron chi connectivity index (χ0n) is 14.5. The largest absolute Gasteiger partial charge is 0.508 e. The van der Waals surface area contributed by atoms with Gasteiger partial charge in [-0.05, 0) is 49.9 Å². The number of benzene rings is 1. The third-order valence-electron chi connectivity index (χ3n) is 4.91. The smallest absolute Gasteiger partial charge is 0.127 e. The van der Waals surface area contributed by atoms with Gasteiger partial charge in [0.1, 0.15) is 11.6 Å². The zero-order valence-corrected chi connectivity index (χ0v) is 14.5. The van der Waals surface area contributed by atoms with Crippen molar-refractivity contribution in [1.82, 2.24) is 14.9 Å². The number of likely N-dealkylation sites (tertiary alicyclic amines) is 1. The van der Waals surface area contributed by atoms with Crippen molar-refractivity contribution < 1.29 is 5.11 Å². The Hall–Kier alpha value is -1.94. The summed E-state index contributed by atoms with van der Waals surface area (Å²) in [4.78, 5) is 11.4. The average Bonchev–Trinajstić information content (AvgIpc) is 2.63. The molecule has 0 spiro atoms. The standard InChI is InChI=1S/C20H27N3O/c1-2-20-21-13-17(14-22-20)15-23-12-4-3-5-18(23)9-6-16-7-10-19(24)11-8-16/h7-8,10-11,13-14,18,24H,2-6,9,12,15H2,1H3/t18-/m0/s1. The summed E-state index contributed by atoms with van der Waals surface area (Å²) in [6.45, 7) is 4.19. The van der Waals surface area contributed by atoms with E-state index in [1.807, 2.05) is 24.5 Å². The van der Waals surface area contributed by atoms with Gasteiger partial charge in [-0.3, -0.25) is 4.90 Å². The predicted octanol–water partition coefficient (Wildman–Crippen LogP) is 3.73. The first kappa shape index (κ1) is 16.9. The molecule has 1 saturated heterocycles. The molecule has 1 aliphatic heterocycles. The van der Waals surface area contributed by atoms with Gasteiger partial charge in [-0.2, -0.15) is 0 Å². The lowest BCUT2D eigenvalue weighted by Crippen LogP contribution is -2.39. The third kappa shape index (κ3) is 4.54. The summed E-state index contributed by atoms with van der Waals surface area (Å²) in [5.41, 5.74) is 2.51. The second kappa shape index (κ2) is 8.25.